The number of hydrogen-bond acceptors (Lipinski definition) is 5. The van der Waals surface area contributed by atoms with E-state index in [4.69, 9.17) is 0 Å². The maximum atomic E-state index is 12.7. The van der Waals surface area contributed by atoms with Crippen LogP contribution in [-0.2, 0) is 4.79 Å². The smallest absolute Gasteiger partial charge is 0.327 e. The summed E-state index contributed by atoms with van der Waals surface area (Å²) < 4.78 is 1.15. The summed E-state index contributed by atoms with van der Waals surface area (Å²) in [5.74, 6) is 0.849. The predicted octanol–water partition coefficient (Wildman–Crippen LogP) is 2.36. The van der Waals surface area contributed by atoms with Crippen molar-refractivity contribution in [1.29, 1.82) is 0 Å². The van der Waals surface area contributed by atoms with E-state index in [1.807, 2.05) is 12.1 Å². The van der Waals surface area contributed by atoms with Crippen LogP contribution in [0.5, 0.6) is 0 Å². The van der Waals surface area contributed by atoms with E-state index >= 15 is 0 Å². The number of likely N-dealkylation sites (tertiary alicyclic amines) is 1. The Bertz CT molecular complexity index is 680. The average molecular weight is 367 g/mol. The number of thiophene rings is 1. The van der Waals surface area contributed by atoms with Crippen molar-refractivity contribution in [2.45, 2.75) is 29.5 Å². The van der Waals surface area contributed by atoms with Crippen molar-refractivity contribution in [2.24, 2.45) is 0 Å². The van der Waals surface area contributed by atoms with Gasteiger partial charge in [0.25, 0.3) is 11.8 Å². The Kier molecular flexibility index (Phi) is 4.61. The van der Waals surface area contributed by atoms with Gasteiger partial charge < -0.3 is 9.80 Å². The molecule has 0 N–H and O–H groups in total. The summed E-state index contributed by atoms with van der Waals surface area (Å²) in [6, 6.07) is 3.60. The summed E-state index contributed by atoms with van der Waals surface area (Å²) in [6.07, 6.45) is 0.984. The van der Waals surface area contributed by atoms with Crippen LogP contribution in [0.4, 0.5) is 4.79 Å². The molecular weight excluding hydrogens is 346 g/mol. The molecule has 8 heteroatoms. The van der Waals surface area contributed by atoms with E-state index in [0.717, 1.165) is 14.8 Å². The standard InChI is InChI=1S/C16H21N3O3S2/c1-4-23-12-6-5-11(24-12)13(20)19-9-7-16(8-10-19)14(21)17(2)15(22)18(16)3/h5-6H,4,7-10H2,1-3H3. The number of thioether (sulfide) groups is 1. The minimum atomic E-state index is -0.777. The van der Waals surface area contributed by atoms with Crippen molar-refractivity contribution >= 4 is 40.9 Å². The zero-order valence-electron chi connectivity index (χ0n) is 14.1. The lowest BCUT2D eigenvalue weighted by Crippen LogP contribution is -2.56. The van der Waals surface area contributed by atoms with Gasteiger partial charge in [-0.2, -0.15) is 0 Å². The molecule has 2 saturated heterocycles. The molecule has 0 unspecified atom stereocenters. The number of urea groups is 1. The van der Waals surface area contributed by atoms with Gasteiger partial charge in [0.1, 0.15) is 5.54 Å². The highest BCUT2D eigenvalue weighted by atomic mass is 32.2. The Morgan fingerprint density at radius 3 is 2.46 bits per heavy atom. The Morgan fingerprint density at radius 1 is 1.25 bits per heavy atom. The largest absolute Gasteiger partial charge is 0.338 e. The average Bonchev–Trinajstić information content (AvgIpc) is 3.12. The van der Waals surface area contributed by atoms with Crippen molar-refractivity contribution in [3.8, 4) is 0 Å². The molecule has 2 aliphatic heterocycles. The van der Waals surface area contributed by atoms with E-state index in [-0.39, 0.29) is 17.8 Å². The van der Waals surface area contributed by atoms with E-state index in [1.165, 1.54) is 28.2 Å². The van der Waals surface area contributed by atoms with Crippen LogP contribution < -0.4 is 0 Å². The molecule has 1 spiro atoms. The second-order valence-electron chi connectivity index (χ2n) is 6.08. The Hall–Kier alpha value is -1.54. The summed E-state index contributed by atoms with van der Waals surface area (Å²) in [4.78, 5) is 42.4. The number of nitrogens with zero attached hydrogens (tertiary/aromatic N) is 3. The van der Waals surface area contributed by atoms with Crippen molar-refractivity contribution < 1.29 is 14.4 Å². The Balaban J connectivity index is 1.69. The molecule has 0 aromatic carbocycles. The number of rotatable bonds is 3. The molecule has 130 valence electrons. The normalized spacial score (nSPS) is 20.4. The SMILES string of the molecule is CCSc1ccc(C(=O)N2CCC3(CC2)C(=O)N(C)C(=O)N3C)s1. The van der Waals surface area contributed by atoms with Gasteiger partial charge in [0.15, 0.2) is 0 Å². The lowest BCUT2D eigenvalue weighted by atomic mass is 9.86. The summed E-state index contributed by atoms with van der Waals surface area (Å²) in [7, 11) is 3.20. The molecule has 24 heavy (non-hydrogen) atoms. The lowest BCUT2D eigenvalue weighted by Gasteiger charge is -2.40. The topological polar surface area (TPSA) is 60.9 Å². The van der Waals surface area contributed by atoms with Crippen molar-refractivity contribution in [3.63, 3.8) is 0 Å². The highest BCUT2D eigenvalue weighted by molar-refractivity contribution is 8.01. The van der Waals surface area contributed by atoms with Crippen LogP contribution in [-0.4, -0.2) is 71.0 Å². The fourth-order valence-electron chi connectivity index (χ4n) is 3.39. The number of likely N-dealkylation sites (N-methyl/N-ethyl adjacent to an activating group) is 2. The minimum Gasteiger partial charge on any atom is -0.338 e. The molecule has 1 aromatic heterocycles. The van der Waals surface area contributed by atoms with Crippen molar-refractivity contribution in [3.05, 3.63) is 17.0 Å². The summed E-state index contributed by atoms with van der Waals surface area (Å²) in [6.45, 7) is 3.07. The predicted molar refractivity (Wildman–Crippen MR) is 94.5 cm³/mol. The van der Waals surface area contributed by atoms with Crippen molar-refractivity contribution in [2.75, 3.05) is 32.9 Å². The number of amides is 4. The molecule has 0 bridgehead atoms. The first-order valence-electron chi connectivity index (χ1n) is 7.98. The van der Waals surface area contributed by atoms with Crippen LogP contribution in [0, 0.1) is 0 Å². The van der Waals surface area contributed by atoms with Crippen LogP contribution >= 0.6 is 23.1 Å². The highest BCUT2D eigenvalue weighted by Crippen LogP contribution is 2.36. The van der Waals surface area contributed by atoms with Gasteiger partial charge in [0.05, 0.1) is 9.09 Å². The van der Waals surface area contributed by atoms with Gasteiger partial charge in [0, 0.05) is 27.2 Å². The van der Waals surface area contributed by atoms with E-state index in [2.05, 4.69) is 6.92 Å². The van der Waals surface area contributed by atoms with E-state index in [9.17, 15) is 14.4 Å². The maximum absolute atomic E-state index is 12.7. The molecule has 2 fully saturated rings. The molecule has 0 saturated carbocycles. The monoisotopic (exact) mass is 367 g/mol. The third-order valence-electron chi connectivity index (χ3n) is 4.88. The fourth-order valence-corrected chi connectivity index (χ4v) is 5.40. The minimum absolute atomic E-state index is 0.0191. The van der Waals surface area contributed by atoms with Crippen LogP contribution in [0.3, 0.4) is 0 Å². The molecule has 0 radical (unpaired) electrons. The first-order chi connectivity index (χ1) is 11.4. The fraction of sp³-hybridized carbons (Fsp3) is 0.562. The molecular formula is C16H21N3O3S2. The van der Waals surface area contributed by atoms with Gasteiger partial charge in [-0.1, -0.05) is 6.92 Å². The zero-order valence-corrected chi connectivity index (χ0v) is 15.7. The molecule has 1 aromatic rings. The van der Waals surface area contributed by atoms with Crippen LogP contribution in [0.2, 0.25) is 0 Å². The van der Waals surface area contributed by atoms with Gasteiger partial charge in [0.2, 0.25) is 0 Å². The third kappa shape index (κ3) is 2.61. The molecule has 4 amide bonds. The van der Waals surface area contributed by atoms with E-state index in [1.54, 1.807) is 23.7 Å². The second kappa shape index (κ2) is 6.40. The van der Waals surface area contributed by atoms with E-state index in [0.29, 0.717) is 25.9 Å². The molecule has 0 atom stereocenters. The number of carbonyl (C=O) groups is 3. The van der Waals surface area contributed by atoms with Crippen molar-refractivity contribution in [1.82, 2.24) is 14.7 Å². The highest BCUT2D eigenvalue weighted by Gasteiger charge is 2.55. The van der Waals surface area contributed by atoms with Gasteiger partial charge in [-0.15, -0.1) is 23.1 Å². The van der Waals surface area contributed by atoms with Gasteiger partial charge in [-0.3, -0.25) is 14.5 Å². The number of hydrogen-bond donors (Lipinski definition) is 0. The number of imide groups is 1. The van der Waals surface area contributed by atoms with Gasteiger partial charge >= 0.3 is 6.03 Å². The lowest BCUT2D eigenvalue weighted by molar-refractivity contribution is -0.134. The zero-order chi connectivity index (χ0) is 17.5. The van der Waals surface area contributed by atoms with Gasteiger partial charge in [-0.05, 0) is 30.7 Å². The Labute approximate surface area is 149 Å². The Morgan fingerprint density at radius 2 is 1.92 bits per heavy atom. The maximum Gasteiger partial charge on any atom is 0.327 e. The van der Waals surface area contributed by atoms with Crippen LogP contribution in [0.25, 0.3) is 0 Å². The summed E-state index contributed by atoms with van der Waals surface area (Å²) in [5.41, 5.74) is -0.777. The van der Waals surface area contributed by atoms with Crippen LogP contribution in [0.15, 0.2) is 16.3 Å². The molecule has 2 aliphatic rings. The van der Waals surface area contributed by atoms with Crippen LogP contribution in [0.1, 0.15) is 29.4 Å². The van der Waals surface area contributed by atoms with E-state index < -0.39 is 5.54 Å². The number of piperidine rings is 1. The number of carbonyl (C=O) groups excluding carboxylic acids is 3. The molecule has 3 heterocycles. The molecule has 3 rings (SSSR count). The molecule has 0 aliphatic carbocycles. The summed E-state index contributed by atoms with van der Waals surface area (Å²) in [5, 5.41) is 0. The first kappa shape index (κ1) is 17.3. The molecule has 6 nitrogen and oxygen atoms in total. The first-order valence-corrected chi connectivity index (χ1v) is 9.79. The summed E-state index contributed by atoms with van der Waals surface area (Å²) >= 11 is 3.25. The van der Waals surface area contributed by atoms with Gasteiger partial charge in [-0.25, -0.2) is 4.79 Å². The second-order valence-corrected chi connectivity index (χ2v) is 8.73. The third-order valence-corrected chi connectivity index (χ3v) is 7.06. The quantitative estimate of drug-likeness (QED) is 0.608.